The van der Waals surface area contributed by atoms with Crippen molar-refractivity contribution < 1.29 is 19.4 Å². The molecular formula is C24H26N4O4. The van der Waals surface area contributed by atoms with E-state index in [9.17, 15) is 9.90 Å². The molecule has 2 aromatic carbocycles. The molecule has 1 aliphatic heterocycles. The van der Waals surface area contributed by atoms with Crippen molar-refractivity contribution in [3.63, 3.8) is 0 Å². The summed E-state index contributed by atoms with van der Waals surface area (Å²) in [6.07, 6.45) is 0.838. The molecule has 2 heterocycles. The smallest absolute Gasteiger partial charge is 0.337 e. The lowest BCUT2D eigenvalue weighted by Gasteiger charge is -2.39. The highest BCUT2D eigenvalue weighted by Gasteiger charge is 2.30. The first-order chi connectivity index (χ1) is 15.5. The highest BCUT2D eigenvalue weighted by Crippen LogP contribution is 2.36. The van der Waals surface area contributed by atoms with Crippen LogP contribution >= 0.6 is 0 Å². The molecule has 0 saturated carbocycles. The molecule has 32 heavy (non-hydrogen) atoms. The van der Waals surface area contributed by atoms with Gasteiger partial charge in [0, 0.05) is 31.7 Å². The molecule has 0 aliphatic carbocycles. The Morgan fingerprint density at radius 3 is 2.53 bits per heavy atom. The molecule has 2 atom stereocenters. The minimum Gasteiger partial charge on any atom is -0.507 e. The summed E-state index contributed by atoms with van der Waals surface area (Å²) in [6.45, 7) is 1.36. The normalized spacial score (nSPS) is 18.4. The number of methoxy groups -OCH3 is 2. The van der Waals surface area contributed by atoms with Gasteiger partial charge in [0.25, 0.3) is 0 Å². The number of rotatable bonds is 5. The molecule has 0 spiro atoms. The monoisotopic (exact) mass is 434 g/mol. The van der Waals surface area contributed by atoms with Gasteiger partial charge in [-0.2, -0.15) is 0 Å². The summed E-state index contributed by atoms with van der Waals surface area (Å²) in [6, 6.07) is 16.3. The van der Waals surface area contributed by atoms with Gasteiger partial charge < -0.3 is 25.2 Å². The molecule has 8 heteroatoms. The fourth-order valence-electron chi connectivity index (χ4n) is 4.14. The summed E-state index contributed by atoms with van der Waals surface area (Å²) in [7, 11) is 3.07. The van der Waals surface area contributed by atoms with Crippen molar-refractivity contribution in [2.45, 2.75) is 18.4 Å². The van der Waals surface area contributed by atoms with Crippen molar-refractivity contribution >= 4 is 17.5 Å². The molecule has 4 rings (SSSR count). The maximum Gasteiger partial charge on any atom is 0.337 e. The van der Waals surface area contributed by atoms with Crippen LogP contribution in [-0.4, -0.2) is 54.7 Å². The molecule has 0 amide bonds. The van der Waals surface area contributed by atoms with E-state index in [4.69, 9.17) is 15.2 Å². The summed E-state index contributed by atoms with van der Waals surface area (Å²) >= 11 is 0. The number of aromatic hydroxyl groups is 1. The van der Waals surface area contributed by atoms with Crippen LogP contribution in [0, 0.1) is 0 Å². The van der Waals surface area contributed by atoms with Crippen molar-refractivity contribution in [3.8, 4) is 17.0 Å². The van der Waals surface area contributed by atoms with Crippen molar-refractivity contribution in [1.29, 1.82) is 0 Å². The predicted molar refractivity (Wildman–Crippen MR) is 122 cm³/mol. The highest BCUT2D eigenvalue weighted by molar-refractivity contribution is 5.89. The average Bonchev–Trinajstić information content (AvgIpc) is 2.84. The summed E-state index contributed by atoms with van der Waals surface area (Å²) < 4.78 is 10.5. The Labute approximate surface area is 186 Å². The van der Waals surface area contributed by atoms with Gasteiger partial charge in [-0.15, -0.1) is 10.2 Å². The van der Waals surface area contributed by atoms with Gasteiger partial charge in [0.15, 0.2) is 5.82 Å². The van der Waals surface area contributed by atoms with E-state index in [1.807, 2.05) is 24.3 Å². The van der Waals surface area contributed by atoms with Crippen molar-refractivity contribution in [3.05, 3.63) is 65.7 Å². The number of hydrogen-bond acceptors (Lipinski definition) is 8. The number of phenolic OH excluding ortho intramolecular Hbond substituents is 1. The quantitative estimate of drug-likeness (QED) is 0.589. The lowest BCUT2D eigenvalue weighted by Crippen LogP contribution is -2.43. The number of piperidine rings is 1. The van der Waals surface area contributed by atoms with Gasteiger partial charge in [-0.05, 0) is 42.3 Å². The van der Waals surface area contributed by atoms with Gasteiger partial charge in [-0.1, -0.05) is 24.3 Å². The van der Waals surface area contributed by atoms with E-state index in [2.05, 4.69) is 15.1 Å². The van der Waals surface area contributed by atoms with E-state index < -0.39 is 0 Å². The second-order valence-corrected chi connectivity index (χ2v) is 7.83. The zero-order chi connectivity index (χ0) is 22.7. The Kier molecular flexibility index (Phi) is 6.23. The van der Waals surface area contributed by atoms with Crippen LogP contribution in [0.2, 0.25) is 0 Å². The van der Waals surface area contributed by atoms with E-state index in [1.165, 1.54) is 7.11 Å². The van der Waals surface area contributed by atoms with E-state index in [0.29, 0.717) is 35.7 Å². The van der Waals surface area contributed by atoms with Crippen LogP contribution in [-0.2, 0) is 9.47 Å². The van der Waals surface area contributed by atoms with Gasteiger partial charge in [0.1, 0.15) is 5.75 Å². The molecule has 1 aromatic heterocycles. The lowest BCUT2D eigenvalue weighted by molar-refractivity contribution is 0.0600. The van der Waals surface area contributed by atoms with Crippen LogP contribution in [0.5, 0.6) is 5.75 Å². The van der Waals surface area contributed by atoms with Crippen LogP contribution in [0.4, 0.5) is 11.5 Å². The van der Waals surface area contributed by atoms with Crippen LogP contribution in [0.3, 0.4) is 0 Å². The minimum atomic E-state index is -0.357. The van der Waals surface area contributed by atoms with Crippen molar-refractivity contribution in [1.82, 2.24) is 10.2 Å². The largest absolute Gasteiger partial charge is 0.507 e. The number of nitrogens with two attached hydrogens (primary N) is 1. The molecule has 166 valence electrons. The third kappa shape index (κ3) is 4.36. The number of ether oxygens (including phenoxy) is 2. The molecule has 3 N–H and O–H groups in total. The zero-order valence-corrected chi connectivity index (χ0v) is 18.1. The van der Waals surface area contributed by atoms with Crippen molar-refractivity contribution in [2.24, 2.45) is 0 Å². The van der Waals surface area contributed by atoms with Gasteiger partial charge in [0.2, 0.25) is 0 Å². The van der Waals surface area contributed by atoms with Crippen LogP contribution in [0.25, 0.3) is 11.3 Å². The van der Waals surface area contributed by atoms with Crippen LogP contribution < -0.4 is 10.6 Å². The van der Waals surface area contributed by atoms with Gasteiger partial charge in [0.05, 0.1) is 30.2 Å². The summed E-state index contributed by atoms with van der Waals surface area (Å²) in [4.78, 5) is 13.9. The number of aromatic nitrogens is 2. The molecule has 3 aromatic rings. The number of anilines is 2. The molecule has 1 aliphatic rings. The number of nitrogens with zero attached hydrogens (tertiary/aromatic N) is 3. The van der Waals surface area contributed by atoms with Crippen molar-refractivity contribution in [2.75, 3.05) is 37.9 Å². The molecule has 0 unspecified atom stereocenters. The number of hydrogen-bond donors (Lipinski definition) is 2. The predicted octanol–water partition coefficient (Wildman–Crippen LogP) is 3.23. The minimum absolute atomic E-state index is 0.00447. The fourth-order valence-corrected chi connectivity index (χ4v) is 4.14. The maximum atomic E-state index is 11.8. The van der Waals surface area contributed by atoms with Gasteiger partial charge in [-0.3, -0.25) is 0 Å². The first-order valence-corrected chi connectivity index (χ1v) is 10.4. The number of esters is 1. The third-order valence-corrected chi connectivity index (χ3v) is 5.87. The highest BCUT2D eigenvalue weighted by atomic mass is 16.5. The maximum absolute atomic E-state index is 11.8. The summed E-state index contributed by atoms with van der Waals surface area (Å²) in [5.74, 6) is 0.265. The standard InChI is InChI=1S/C24H26N4O4/c1-31-18-11-17(15-7-9-16(10-8-15)24(30)32-2)13-28(14-18)21-12-20(26-27-23(21)25)19-5-3-4-6-22(19)29/h3-10,12,17-18,29H,11,13-14H2,1-2H3,(H2,25,27)/t17-,18+/m0/s1. The van der Waals surface area contributed by atoms with E-state index in [0.717, 1.165) is 17.7 Å². The Morgan fingerprint density at radius 1 is 1.09 bits per heavy atom. The molecule has 0 bridgehead atoms. The van der Waals surface area contributed by atoms with E-state index in [1.54, 1.807) is 37.4 Å². The lowest BCUT2D eigenvalue weighted by atomic mass is 9.88. The molecular weight excluding hydrogens is 408 g/mol. The Bertz CT molecular complexity index is 1100. The summed E-state index contributed by atoms with van der Waals surface area (Å²) in [5, 5.41) is 18.5. The van der Waals surface area contributed by atoms with Crippen LogP contribution in [0.15, 0.2) is 54.6 Å². The van der Waals surface area contributed by atoms with E-state index in [-0.39, 0.29) is 23.7 Å². The van der Waals surface area contributed by atoms with Gasteiger partial charge in [-0.25, -0.2) is 4.79 Å². The van der Waals surface area contributed by atoms with E-state index >= 15 is 0 Å². The number of carbonyl (C=O) groups excluding carboxylic acids is 1. The second kappa shape index (κ2) is 9.23. The zero-order valence-electron chi connectivity index (χ0n) is 18.1. The average molecular weight is 434 g/mol. The topological polar surface area (TPSA) is 111 Å². The van der Waals surface area contributed by atoms with Crippen LogP contribution in [0.1, 0.15) is 28.3 Å². The first-order valence-electron chi connectivity index (χ1n) is 10.4. The number of nitrogen functional groups attached to an aromatic ring is 1. The second-order valence-electron chi connectivity index (χ2n) is 7.83. The number of carbonyl (C=O) groups is 1. The first kappa shape index (κ1) is 21.6. The number of phenols is 1. The number of benzene rings is 2. The molecule has 8 nitrogen and oxygen atoms in total. The molecule has 1 saturated heterocycles. The third-order valence-electron chi connectivity index (χ3n) is 5.87. The Balaban J connectivity index is 1.64. The number of para-hydroxylation sites is 1. The Morgan fingerprint density at radius 2 is 1.84 bits per heavy atom. The SMILES string of the molecule is COC(=O)c1ccc([C@H]2C[C@@H](OC)CN(c3cc(-c4ccccc4O)nnc3N)C2)cc1. The Hall–Kier alpha value is -3.65. The van der Waals surface area contributed by atoms with Gasteiger partial charge >= 0.3 is 5.97 Å². The summed E-state index contributed by atoms with van der Waals surface area (Å²) in [5.41, 5.74) is 9.71. The molecule has 0 radical (unpaired) electrons. The molecule has 1 fully saturated rings. The fraction of sp³-hybridized carbons (Fsp3) is 0.292.